The van der Waals surface area contributed by atoms with E-state index in [0.717, 1.165) is 21.7 Å². The van der Waals surface area contributed by atoms with Crippen LogP contribution in [0.15, 0.2) is 39.9 Å². The van der Waals surface area contributed by atoms with E-state index in [4.69, 9.17) is 0 Å². The molecule has 0 bridgehead atoms. The number of hydrogen-bond donors (Lipinski definition) is 1. The van der Waals surface area contributed by atoms with Gasteiger partial charge in [-0.15, -0.1) is 11.3 Å². The van der Waals surface area contributed by atoms with E-state index in [1.807, 2.05) is 12.1 Å². The topological polar surface area (TPSA) is 29.1 Å². The van der Waals surface area contributed by atoms with E-state index in [1.54, 1.807) is 6.07 Å². The van der Waals surface area contributed by atoms with Gasteiger partial charge in [-0.3, -0.25) is 4.79 Å². The van der Waals surface area contributed by atoms with Gasteiger partial charge in [0.25, 0.3) is 5.91 Å². The third-order valence-electron chi connectivity index (χ3n) is 2.11. The molecule has 1 heterocycles. The molecule has 100 valence electrons. The molecular formula is C11H4Br5NOS. The molecule has 0 aliphatic carbocycles. The van der Waals surface area contributed by atoms with Gasteiger partial charge >= 0.3 is 0 Å². The Bertz CT molecular complexity index is 612. The highest BCUT2D eigenvalue weighted by Gasteiger charge is 2.15. The molecule has 0 saturated heterocycles. The van der Waals surface area contributed by atoms with Crippen LogP contribution in [0.2, 0.25) is 0 Å². The molecule has 0 atom stereocenters. The molecule has 1 amide bonds. The average molecular weight is 598 g/mol. The monoisotopic (exact) mass is 593 g/mol. The van der Waals surface area contributed by atoms with Gasteiger partial charge in [-0.1, -0.05) is 15.9 Å². The van der Waals surface area contributed by atoms with Crippen LogP contribution in [0.3, 0.4) is 0 Å². The largest absolute Gasteiger partial charge is 0.319 e. The third-order valence-corrected chi connectivity index (χ3v) is 7.08. The average Bonchev–Trinajstić information content (AvgIpc) is 2.64. The highest BCUT2D eigenvalue weighted by Crippen LogP contribution is 2.36. The Labute approximate surface area is 156 Å². The Morgan fingerprint density at radius 3 is 2.00 bits per heavy atom. The number of rotatable bonds is 2. The summed E-state index contributed by atoms with van der Waals surface area (Å²) >= 11 is 18.4. The summed E-state index contributed by atoms with van der Waals surface area (Å²) in [5.41, 5.74) is 0.703. The van der Waals surface area contributed by atoms with Crippen molar-refractivity contribution in [1.29, 1.82) is 0 Å². The number of thiophene rings is 1. The second kappa shape index (κ2) is 6.70. The van der Waals surface area contributed by atoms with Crippen LogP contribution < -0.4 is 5.32 Å². The van der Waals surface area contributed by atoms with Crippen LogP contribution in [0, 0.1) is 0 Å². The normalized spacial score (nSPS) is 10.6. The maximum Gasteiger partial charge on any atom is 0.265 e. The number of benzene rings is 1. The lowest BCUT2D eigenvalue weighted by Gasteiger charge is -2.09. The maximum absolute atomic E-state index is 12.2. The van der Waals surface area contributed by atoms with Gasteiger partial charge in [0.2, 0.25) is 0 Å². The molecular weight excluding hydrogens is 594 g/mol. The molecule has 0 radical (unpaired) electrons. The van der Waals surface area contributed by atoms with Crippen molar-refractivity contribution in [3.05, 3.63) is 44.8 Å². The van der Waals surface area contributed by atoms with Crippen molar-refractivity contribution in [3.63, 3.8) is 0 Å². The fraction of sp³-hybridized carbons (Fsp3) is 0. The SMILES string of the molecule is O=C(Nc1c(Br)cc(Br)cc1Br)c1cc(Br)c(Br)s1. The standard InChI is InChI=1S/C11H4Br5NOS/c12-4-1-5(13)9(6(14)2-4)17-11(18)8-3-7(15)10(16)19-8/h1-3H,(H,17,18). The second-order valence-electron chi connectivity index (χ2n) is 3.43. The zero-order valence-electron chi connectivity index (χ0n) is 8.94. The lowest BCUT2D eigenvalue weighted by atomic mass is 10.3. The summed E-state index contributed by atoms with van der Waals surface area (Å²) in [6, 6.07) is 5.53. The highest BCUT2D eigenvalue weighted by atomic mass is 79.9. The van der Waals surface area contributed by atoms with Gasteiger partial charge in [-0.05, 0) is 81.9 Å². The molecule has 0 spiro atoms. The number of halogens is 5. The van der Waals surface area contributed by atoms with Crippen molar-refractivity contribution < 1.29 is 4.79 Å². The lowest BCUT2D eigenvalue weighted by molar-refractivity contribution is 0.103. The van der Waals surface area contributed by atoms with Crippen LogP contribution in [0.5, 0.6) is 0 Å². The van der Waals surface area contributed by atoms with E-state index in [0.29, 0.717) is 10.6 Å². The molecule has 0 fully saturated rings. The minimum atomic E-state index is -0.153. The Kier molecular flexibility index (Phi) is 5.70. The first-order chi connectivity index (χ1) is 8.88. The van der Waals surface area contributed by atoms with Crippen molar-refractivity contribution in [1.82, 2.24) is 0 Å². The van der Waals surface area contributed by atoms with Crippen LogP contribution in [0.1, 0.15) is 9.67 Å². The summed E-state index contributed by atoms with van der Waals surface area (Å²) in [6.45, 7) is 0. The summed E-state index contributed by atoms with van der Waals surface area (Å²) in [4.78, 5) is 12.8. The zero-order chi connectivity index (χ0) is 14.2. The third kappa shape index (κ3) is 3.91. The van der Waals surface area contributed by atoms with Gasteiger partial charge < -0.3 is 5.32 Å². The van der Waals surface area contributed by atoms with E-state index in [2.05, 4.69) is 85.0 Å². The minimum Gasteiger partial charge on any atom is -0.319 e. The number of nitrogens with one attached hydrogen (secondary N) is 1. The number of carbonyl (C=O) groups is 1. The molecule has 1 N–H and O–H groups in total. The molecule has 2 aromatic rings. The molecule has 8 heteroatoms. The zero-order valence-corrected chi connectivity index (χ0v) is 17.7. The van der Waals surface area contributed by atoms with Crippen LogP contribution in [0.4, 0.5) is 5.69 Å². The maximum atomic E-state index is 12.2. The van der Waals surface area contributed by atoms with E-state index in [-0.39, 0.29) is 5.91 Å². The van der Waals surface area contributed by atoms with Crippen molar-refractivity contribution in [2.45, 2.75) is 0 Å². The quantitative estimate of drug-likeness (QED) is 0.405. The van der Waals surface area contributed by atoms with Gasteiger partial charge in [0.1, 0.15) is 0 Å². The van der Waals surface area contributed by atoms with Gasteiger partial charge in [-0.25, -0.2) is 0 Å². The minimum absolute atomic E-state index is 0.153. The Hall–Kier alpha value is 0.790. The van der Waals surface area contributed by atoms with Gasteiger partial charge in [0.15, 0.2) is 0 Å². The van der Waals surface area contributed by atoms with Gasteiger partial charge in [0.05, 0.1) is 14.4 Å². The Morgan fingerprint density at radius 2 is 1.53 bits per heavy atom. The first-order valence-electron chi connectivity index (χ1n) is 4.79. The van der Waals surface area contributed by atoms with Gasteiger partial charge in [-0.2, -0.15) is 0 Å². The molecule has 0 saturated carbocycles. The number of anilines is 1. The van der Waals surface area contributed by atoms with E-state index in [1.165, 1.54) is 11.3 Å². The molecule has 19 heavy (non-hydrogen) atoms. The summed E-state index contributed by atoms with van der Waals surface area (Å²) in [6.07, 6.45) is 0. The lowest BCUT2D eigenvalue weighted by Crippen LogP contribution is -2.11. The molecule has 2 rings (SSSR count). The van der Waals surface area contributed by atoms with Crippen LogP contribution >= 0.6 is 91.0 Å². The first kappa shape index (κ1) is 16.2. The van der Waals surface area contributed by atoms with Crippen molar-refractivity contribution >= 4 is 103 Å². The fourth-order valence-electron chi connectivity index (χ4n) is 1.30. The van der Waals surface area contributed by atoms with Gasteiger partial charge in [0, 0.05) is 17.9 Å². The van der Waals surface area contributed by atoms with Crippen molar-refractivity contribution in [2.24, 2.45) is 0 Å². The molecule has 0 unspecified atom stereocenters. The highest BCUT2D eigenvalue weighted by molar-refractivity contribution is 9.13. The summed E-state index contributed by atoms with van der Waals surface area (Å²) in [5.74, 6) is -0.153. The van der Waals surface area contributed by atoms with Crippen LogP contribution in [-0.4, -0.2) is 5.91 Å². The molecule has 1 aromatic carbocycles. The molecule has 0 aliphatic rings. The fourth-order valence-corrected chi connectivity index (χ4v) is 5.68. The van der Waals surface area contributed by atoms with E-state index in [9.17, 15) is 4.79 Å². The van der Waals surface area contributed by atoms with Crippen molar-refractivity contribution in [3.8, 4) is 0 Å². The number of carbonyl (C=O) groups excluding carboxylic acids is 1. The number of hydrogen-bond acceptors (Lipinski definition) is 2. The number of amides is 1. The first-order valence-corrected chi connectivity index (χ1v) is 9.57. The molecule has 0 aliphatic heterocycles. The van der Waals surface area contributed by atoms with E-state index >= 15 is 0 Å². The van der Waals surface area contributed by atoms with Crippen LogP contribution in [0.25, 0.3) is 0 Å². The predicted molar refractivity (Wildman–Crippen MR) is 97.2 cm³/mol. The molecule has 2 nitrogen and oxygen atoms in total. The summed E-state index contributed by atoms with van der Waals surface area (Å²) < 4.78 is 4.29. The van der Waals surface area contributed by atoms with E-state index < -0.39 is 0 Å². The smallest absolute Gasteiger partial charge is 0.265 e. The Balaban J connectivity index is 2.29. The van der Waals surface area contributed by atoms with Crippen molar-refractivity contribution in [2.75, 3.05) is 5.32 Å². The summed E-state index contributed by atoms with van der Waals surface area (Å²) in [5, 5.41) is 2.88. The second-order valence-corrected chi connectivity index (χ2v) is 9.28. The van der Waals surface area contributed by atoms with Crippen LogP contribution in [-0.2, 0) is 0 Å². The predicted octanol–water partition coefficient (Wildman–Crippen LogP) is 6.81. The summed E-state index contributed by atoms with van der Waals surface area (Å²) in [7, 11) is 0. The molecule has 1 aromatic heterocycles. The Morgan fingerprint density at radius 1 is 0.947 bits per heavy atom.